The number of nitrogens with one attached hydrogen (secondary N) is 3. The number of halogens is 1. The minimum absolute atomic E-state index is 0. The van der Waals surface area contributed by atoms with Gasteiger partial charge in [0.2, 0.25) is 38.6 Å². The van der Waals surface area contributed by atoms with Crippen LogP contribution in [0.1, 0.15) is 6.92 Å². The molecule has 0 spiro atoms. The number of alkyl halides is 1. The summed E-state index contributed by atoms with van der Waals surface area (Å²) in [6.45, 7) is 9.04. The van der Waals surface area contributed by atoms with E-state index in [0.717, 1.165) is 80.1 Å². The van der Waals surface area contributed by atoms with Gasteiger partial charge in [-0.3, -0.25) is 0 Å². The number of benzene rings is 8. The van der Waals surface area contributed by atoms with E-state index >= 15 is 0 Å². The van der Waals surface area contributed by atoms with Crippen LogP contribution in [0.2, 0.25) is 0 Å². The van der Waals surface area contributed by atoms with Gasteiger partial charge in [0.1, 0.15) is 12.8 Å². The normalized spacial score (nSPS) is 11.7. The minimum atomic E-state index is -0.0589. The maximum Gasteiger partial charge on any atom is 2.00 e. The Balaban J connectivity index is 0.000000137. The summed E-state index contributed by atoms with van der Waals surface area (Å²) in [6.07, 6.45) is 11.6. The second-order valence-corrected chi connectivity index (χ2v) is 21.4. The topological polar surface area (TPSA) is 221 Å². The van der Waals surface area contributed by atoms with Crippen LogP contribution in [0.5, 0.6) is 0 Å². The molecular weight excluding hydrogens is 1410 g/mol. The van der Waals surface area contributed by atoms with E-state index in [4.69, 9.17) is 31.3 Å². The Kier molecular flexibility index (Phi) is 25.8. The van der Waals surface area contributed by atoms with E-state index in [2.05, 4.69) is 126 Å². The first-order chi connectivity index (χ1) is 46.3. The van der Waals surface area contributed by atoms with Gasteiger partial charge in [0.05, 0.1) is 54.7 Å². The number of H-pyrrole nitrogens is 1. The minimum Gasteiger partial charge on any atom is -0.514 e. The fourth-order valence-electron chi connectivity index (χ4n) is 11.0. The number of aromatic amines is 1. The van der Waals surface area contributed by atoms with Crippen LogP contribution in [-0.2, 0) is 82.1 Å². The molecule has 95 heavy (non-hydrogen) atoms. The third kappa shape index (κ3) is 16.9. The smallest absolute Gasteiger partial charge is 0.514 e. The standard InChI is InChI=1S/C19H22N4O.C17H18N4O2.C9H10N2O.2C8H9N2O.C7H6N2.C2H5ClO.Pt/c1-3-20-12-21(17-9-5-4-8-16(17)20)13-22-14-23(15-24-2)19-11-7-6-10-18(19)22;22-12-20-10-18(14-5-1-3-7-16(14)20)9-19-11-21(13-23)17-8-4-2-6-15(17)19;1-12-7-11-6-10-8-4-2-3-5-9(8)11;2*11-6-10-5-9-7-3-1-2-4-8(7)10;1-2-4-7-6(3-1)8-5-9-7;1-4-2-3;/h4-12,14H,3,13,15H2,1-2H3;1-8,10-11,22-23H,9,12-13H2;2-6H,7H2,1H3;2*1-5,9,11H,6H2;1-5H,(H,8,9);2H2,1H3;/q2*+2;;2*-1;;;+2. The molecule has 6 aromatic heterocycles. The Hall–Kier alpha value is -9.52. The molecule has 2 aliphatic heterocycles. The van der Waals surface area contributed by atoms with Crippen molar-refractivity contribution in [1.29, 1.82) is 0 Å². The van der Waals surface area contributed by atoms with Crippen molar-refractivity contribution in [3.63, 3.8) is 0 Å². The molecule has 0 fully saturated rings. The number of imidazole rings is 6. The summed E-state index contributed by atoms with van der Waals surface area (Å²) in [4.78, 5) is 14.8. The van der Waals surface area contributed by atoms with E-state index < -0.39 is 0 Å². The molecule has 7 N–H and O–H groups in total. The molecule has 0 aliphatic carbocycles. The number of hydrogen-bond acceptors (Lipinski definition) is 13. The van der Waals surface area contributed by atoms with E-state index in [-0.39, 0.29) is 48.0 Å². The van der Waals surface area contributed by atoms with Crippen molar-refractivity contribution in [3.8, 4) is 0 Å². The first kappa shape index (κ1) is 69.8. The molecule has 494 valence electrons. The molecule has 0 saturated carbocycles. The number of aromatic nitrogens is 12. The fraction of sp³-hybridized carbons (Fsp3) is 0.200. The molecule has 25 heteroatoms. The number of methoxy groups -OCH3 is 3. The Bertz CT molecular complexity index is 4500. The van der Waals surface area contributed by atoms with Gasteiger partial charge in [-0.25, -0.2) is 28.2 Å². The van der Waals surface area contributed by atoms with Gasteiger partial charge in [-0.15, -0.1) is 0 Å². The zero-order valence-electron chi connectivity index (χ0n) is 53.2. The quantitative estimate of drug-likeness (QED) is 0.0308. The summed E-state index contributed by atoms with van der Waals surface area (Å²) < 4.78 is 33.4. The second kappa shape index (κ2) is 35.1. The van der Waals surface area contributed by atoms with Crippen molar-refractivity contribution in [3.05, 3.63) is 245 Å². The largest absolute Gasteiger partial charge is 2.00 e. The van der Waals surface area contributed by atoms with Gasteiger partial charge in [-0.1, -0.05) is 109 Å². The van der Waals surface area contributed by atoms with Crippen LogP contribution < -0.4 is 38.7 Å². The van der Waals surface area contributed by atoms with Crippen molar-refractivity contribution in [2.45, 2.75) is 53.7 Å². The number of aliphatic hydroxyl groups excluding tert-OH is 4. The van der Waals surface area contributed by atoms with Crippen molar-refractivity contribution >= 4 is 101 Å². The molecule has 14 aromatic rings. The van der Waals surface area contributed by atoms with Crippen LogP contribution in [0.25, 0.3) is 66.2 Å². The number of anilines is 4. The molecule has 0 unspecified atom stereocenters. The summed E-state index contributed by atoms with van der Waals surface area (Å²) in [6, 6.07) is 64.8. The number of aliphatic hydroxyl groups is 4. The maximum absolute atomic E-state index is 9.53. The number of para-hydroxylation sites is 16. The summed E-state index contributed by atoms with van der Waals surface area (Å²) in [5.41, 5.74) is 17.3. The van der Waals surface area contributed by atoms with E-state index in [1.165, 1.54) is 22.1 Å². The summed E-state index contributed by atoms with van der Waals surface area (Å²) in [5.74, 6) is 0. The van der Waals surface area contributed by atoms with Gasteiger partial charge in [0, 0.05) is 44.1 Å². The molecule has 0 bridgehead atoms. The van der Waals surface area contributed by atoms with Crippen molar-refractivity contribution in [2.75, 3.05) is 61.3 Å². The van der Waals surface area contributed by atoms with Crippen LogP contribution in [0, 0.1) is 13.3 Å². The number of nitrogens with zero attached hydrogens (tertiary/aromatic N) is 13. The molecule has 2 aliphatic rings. The number of rotatable bonds is 14. The fourth-order valence-corrected chi connectivity index (χ4v) is 11.0. The monoisotopic (exact) mass is 1490 g/mol. The van der Waals surface area contributed by atoms with Crippen LogP contribution in [0.3, 0.4) is 0 Å². The van der Waals surface area contributed by atoms with Gasteiger partial charge in [0.25, 0.3) is 0 Å². The molecule has 0 amide bonds. The van der Waals surface area contributed by atoms with E-state index in [9.17, 15) is 10.2 Å². The number of hydrogen-bond donors (Lipinski definition) is 7. The molecular formula is C70H79ClN16O7Pt+4. The Morgan fingerprint density at radius 2 is 0.811 bits per heavy atom. The zero-order chi connectivity index (χ0) is 65.6. The van der Waals surface area contributed by atoms with Crippen molar-refractivity contribution in [2.24, 2.45) is 0 Å². The van der Waals surface area contributed by atoms with Gasteiger partial charge in [0.15, 0.2) is 64.3 Å². The predicted molar refractivity (Wildman–Crippen MR) is 365 cm³/mol. The van der Waals surface area contributed by atoms with Gasteiger partial charge >= 0.3 is 21.1 Å². The first-order valence-corrected chi connectivity index (χ1v) is 30.8. The zero-order valence-corrected chi connectivity index (χ0v) is 56.2. The molecule has 0 atom stereocenters. The molecule has 8 aromatic carbocycles. The van der Waals surface area contributed by atoms with Crippen LogP contribution in [0.15, 0.2) is 232 Å². The van der Waals surface area contributed by atoms with Gasteiger partial charge in [-0.05, 0) is 104 Å². The average Bonchev–Trinajstić information content (AvgIpc) is 1.66. The third-order valence-electron chi connectivity index (χ3n) is 15.4. The van der Waals surface area contributed by atoms with Crippen LogP contribution >= 0.6 is 11.6 Å². The third-order valence-corrected chi connectivity index (χ3v) is 15.6. The summed E-state index contributed by atoms with van der Waals surface area (Å²) in [5, 5.41) is 42.9. The van der Waals surface area contributed by atoms with E-state index in [1.54, 1.807) is 66.3 Å². The van der Waals surface area contributed by atoms with E-state index in [0.29, 0.717) is 26.2 Å². The first-order valence-electron chi connectivity index (χ1n) is 30.3. The van der Waals surface area contributed by atoms with Crippen molar-refractivity contribution < 1.29 is 74.0 Å². The molecule has 0 radical (unpaired) electrons. The van der Waals surface area contributed by atoms with Gasteiger partial charge in [-0.2, -0.15) is 31.6 Å². The maximum atomic E-state index is 9.53. The van der Waals surface area contributed by atoms with Crippen LogP contribution in [0.4, 0.5) is 22.7 Å². The Morgan fingerprint density at radius 3 is 1.25 bits per heavy atom. The SMILES string of the molecule is CCn1c[n+](C[n+]2cn(COC)c3ccccc32)c2ccccc21.COCCl.COCn1cnc2ccccc21.OCN1[CH-]Nc2ccccc21.OCN1[CH-]Nc2ccccc21.OCn1c[n+](C[n+]2cn(CO)c3ccccc32)c2ccccc21.[Pt+2].c1ccc2[nH]cnc2c1. The van der Waals surface area contributed by atoms with E-state index in [1.807, 2.05) is 163 Å². The average molecular weight is 1490 g/mol. The second-order valence-electron chi connectivity index (χ2n) is 21.2. The summed E-state index contributed by atoms with van der Waals surface area (Å²) >= 11 is 4.96. The Labute approximate surface area is 569 Å². The number of aryl methyl sites for hydroxylation is 1. The molecule has 0 saturated heterocycles. The molecule has 16 rings (SSSR count). The van der Waals surface area contributed by atoms with Gasteiger partial charge < -0.3 is 64.6 Å². The van der Waals surface area contributed by atoms with Crippen molar-refractivity contribution in [1.82, 2.24) is 37.8 Å². The number of ether oxygens (including phenoxy) is 3. The predicted octanol–water partition coefficient (Wildman–Crippen LogP) is 8.88. The molecule has 8 heterocycles. The van der Waals surface area contributed by atoms with Crippen LogP contribution in [-0.4, -0.2) is 99.1 Å². The Morgan fingerprint density at radius 1 is 0.432 bits per heavy atom. The number of fused-ring (bicyclic) bond motifs is 8. The molecule has 23 nitrogen and oxygen atoms in total. The summed E-state index contributed by atoms with van der Waals surface area (Å²) in [7, 11) is 4.95.